The van der Waals surface area contributed by atoms with E-state index in [1.54, 1.807) is 17.3 Å². The lowest BCUT2D eigenvalue weighted by Crippen LogP contribution is -2.45. The number of hydrogen-bond donors (Lipinski definition) is 1. The molecule has 0 bridgehead atoms. The molecule has 31 heavy (non-hydrogen) atoms. The SMILES string of the molecule is CC.CC(Nc1ncc2c(n1)N(C1CCCC1)CC(C)(C)C(=O)N2C)c1cccnc1. The third-order valence-electron chi connectivity index (χ3n) is 6.13. The zero-order valence-corrected chi connectivity index (χ0v) is 19.7. The van der Waals surface area contributed by atoms with Crippen molar-refractivity contribution >= 4 is 23.4 Å². The Morgan fingerprint density at radius 1 is 1.19 bits per heavy atom. The van der Waals surface area contributed by atoms with E-state index in [-0.39, 0.29) is 11.9 Å². The third kappa shape index (κ3) is 4.81. The van der Waals surface area contributed by atoms with E-state index in [9.17, 15) is 4.79 Å². The quantitative estimate of drug-likeness (QED) is 0.758. The van der Waals surface area contributed by atoms with Crippen LogP contribution in [-0.4, -0.2) is 40.5 Å². The fraction of sp³-hybridized carbons (Fsp3) is 0.583. The lowest BCUT2D eigenvalue weighted by Gasteiger charge is -2.34. The fourth-order valence-electron chi connectivity index (χ4n) is 4.44. The Bertz CT molecular complexity index is 879. The van der Waals surface area contributed by atoms with Gasteiger partial charge in [-0.2, -0.15) is 4.98 Å². The summed E-state index contributed by atoms with van der Waals surface area (Å²) in [4.78, 5) is 30.8. The van der Waals surface area contributed by atoms with Crippen molar-refractivity contribution in [1.82, 2.24) is 15.0 Å². The molecule has 1 amide bonds. The van der Waals surface area contributed by atoms with Gasteiger partial charge in [0.25, 0.3) is 0 Å². The molecule has 1 unspecified atom stereocenters. The molecule has 3 heterocycles. The number of hydrogen-bond acceptors (Lipinski definition) is 6. The summed E-state index contributed by atoms with van der Waals surface area (Å²) in [6, 6.07) is 4.41. The van der Waals surface area contributed by atoms with E-state index in [1.165, 1.54) is 12.8 Å². The zero-order valence-electron chi connectivity index (χ0n) is 19.7. The van der Waals surface area contributed by atoms with Crippen LogP contribution in [0.2, 0.25) is 0 Å². The lowest BCUT2D eigenvalue weighted by molar-refractivity contribution is -0.125. The molecule has 1 aliphatic heterocycles. The van der Waals surface area contributed by atoms with Crippen LogP contribution < -0.4 is 15.1 Å². The van der Waals surface area contributed by atoms with E-state index in [1.807, 2.05) is 53.1 Å². The smallest absolute Gasteiger partial charge is 0.234 e. The molecule has 2 aromatic rings. The van der Waals surface area contributed by atoms with E-state index >= 15 is 0 Å². The summed E-state index contributed by atoms with van der Waals surface area (Å²) in [5, 5.41) is 3.39. The van der Waals surface area contributed by atoms with Crippen LogP contribution in [0.1, 0.15) is 71.9 Å². The number of aromatic nitrogens is 3. The van der Waals surface area contributed by atoms with E-state index < -0.39 is 5.41 Å². The highest BCUT2D eigenvalue weighted by atomic mass is 16.2. The minimum absolute atomic E-state index is 0.0308. The molecule has 2 aliphatic rings. The molecule has 7 heteroatoms. The average Bonchev–Trinajstić information content (AvgIpc) is 3.31. The van der Waals surface area contributed by atoms with E-state index in [0.717, 1.165) is 29.9 Å². The van der Waals surface area contributed by atoms with Crippen LogP contribution in [0, 0.1) is 5.41 Å². The molecule has 1 saturated carbocycles. The highest BCUT2D eigenvalue weighted by Gasteiger charge is 2.41. The zero-order chi connectivity index (χ0) is 22.6. The number of rotatable bonds is 4. The van der Waals surface area contributed by atoms with Gasteiger partial charge < -0.3 is 15.1 Å². The summed E-state index contributed by atoms with van der Waals surface area (Å²) < 4.78 is 0. The molecule has 1 atom stereocenters. The molecule has 1 N–H and O–H groups in total. The molecule has 0 spiro atoms. The van der Waals surface area contributed by atoms with Crippen molar-refractivity contribution < 1.29 is 4.79 Å². The highest BCUT2D eigenvalue weighted by molar-refractivity contribution is 6.00. The van der Waals surface area contributed by atoms with Gasteiger partial charge >= 0.3 is 0 Å². The molecule has 0 aromatic carbocycles. The summed E-state index contributed by atoms with van der Waals surface area (Å²) >= 11 is 0. The molecule has 0 saturated heterocycles. The Labute approximate surface area is 186 Å². The Hall–Kier alpha value is -2.70. The van der Waals surface area contributed by atoms with Crippen molar-refractivity contribution in [3.05, 3.63) is 36.3 Å². The van der Waals surface area contributed by atoms with Gasteiger partial charge in [0.1, 0.15) is 5.69 Å². The van der Waals surface area contributed by atoms with Crippen molar-refractivity contribution in [2.24, 2.45) is 5.41 Å². The van der Waals surface area contributed by atoms with Crippen molar-refractivity contribution in [3.8, 4) is 0 Å². The number of amides is 1. The summed E-state index contributed by atoms with van der Waals surface area (Å²) in [6.07, 6.45) is 10.1. The normalized spacial score (nSPS) is 19.2. The number of carbonyl (C=O) groups is 1. The van der Waals surface area contributed by atoms with E-state index in [4.69, 9.17) is 4.98 Å². The second kappa shape index (κ2) is 9.62. The minimum atomic E-state index is -0.478. The molecule has 0 radical (unpaired) electrons. The average molecular weight is 425 g/mol. The van der Waals surface area contributed by atoms with Crippen LogP contribution in [0.15, 0.2) is 30.7 Å². The third-order valence-corrected chi connectivity index (χ3v) is 6.13. The predicted octanol–water partition coefficient (Wildman–Crippen LogP) is 4.82. The van der Waals surface area contributed by atoms with Crippen LogP contribution in [0.3, 0.4) is 0 Å². The standard InChI is InChI=1S/C22H30N6O.C2H6/c1-15(16-8-7-11-23-12-16)25-21-24-13-18-19(26-21)28(17-9-5-6-10-17)14-22(2,3)20(29)27(18)4;1-2/h7-8,11-13,15,17H,5-6,9-10,14H2,1-4H3,(H,24,25,26);1-2H3. The lowest BCUT2D eigenvalue weighted by atomic mass is 9.91. The van der Waals surface area contributed by atoms with Crippen LogP contribution in [0.4, 0.5) is 17.5 Å². The van der Waals surface area contributed by atoms with E-state index in [2.05, 4.69) is 27.1 Å². The van der Waals surface area contributed by atoms with Gasteiger partial charge in [-0.3, -0.25) is 9.78 Å². The number of fused-ring (bicyclic) bond motifs is 1. The number of pyridine rings is 1. The fourth-order valence-corrected chi connectivity index (χ4v) is 4.44. The van der Waals surface area contributed by atoms with Crippen molar-refractivity contribution in [2.45, 2.75) is 72.4 Å². The molecule has 1 aliphatic carbocycles. The maximum atomic E-state index is 13.1. The van der Waals surface area contributed by atoms with Crippen molar-refractivity contribution in [3.63, 3.8) is 0 Å². The van der Waals surface area contributed by atoms with Gasteiger partial charge in [-0.15, -0.1) is 0 Å². The van der Waals surface area contributed by atoms with Crippen LogP contribution in [-0.2, 0) is 4.79 Å². The highest BCUT2D eigenvalue weighted by Crippen LogP contribution is 2.40. The predicted molar refractivity (Wildman–Crippen MR) is 126 cm³/mol. The first-order valence-electron chi connectivity index (χ1n) is 11.4. The number of nitrogens with zero attached hydrogens (tertiary/aromatic N) is 5. The second-order valence-electron chi connectivity index (χ2n) is 8.87. The molecule has 4 rings (SSSR count). The largest absolute Gasteiger partial charge is 0.351 e. The molecular formula is C24H36N6O. The van der Waals surface area contributed by atoms with Crippen molar-refractivity contribution in [1.29, 1.82) is 0 Å². The maximum Gasteiger partial charge on any atom is 0.234 e. The van der Waals surface area contributed by atoms with E-state index in [0.29, 0.717) is 18.5 Å². The van der Waals surface area contributed by atoms with Crippen LogP contribution in [0.5, 0.6) is 0 Å². The second-order valence-corrected chi connectivity index (χ2v) is 8.87. The monoisotopic (exact) mass is 424 g/mol. The summed E-state index contributed by atoms with van der Waals surface area (Å²) in [5.41, 5.74) is 1.38. The van der Waals surface area contributed by atoms with Gasteiger partial charge in [0.05, 0.1) is 17.7 Å². The molecule has 7 nitrogen and oxygen atoms in total. The first-order valence-corrected chi connectivity index (χ1v) is 11.4. The first kappa shape index (κ1) is 23.0. The summed E-state index contributed by atoms with van der Waals surface area (Å²) in [6.45, 7) is 10.8. The maximum absolute atomic E-state index is 13.1. The molecule has 168 valence electrons. The molecule has 2 aromatic heterocycles. The Morgan fingerprint density at radius 2 is 1.90 bits per heavy atom. The molecular weight excluding hydrogens is 388 g/mol. The van der Waals surface area contributed by atoms with Crippen LogP contribution in [0.25, 0.3) is 0 Å². The topological polar surface area (TPSA) is 74.2 Å². The van der Waals surface area contributed by atoms with Gasteiger partial charge in [-0.25, -0.2) is 4.98 Å². The summed E-state index contributed by atoms with van der Waals surface area (Å²) in [5.74, 6) is 1.53. The number of nitrogens with one attached hydrogen (secondary N) is 1. The van der Waals surface area contributed by atoms with Gasteiger partial charge in [0, 0.05) is 32.0 Å². The van der Waals surface area contributed by atoms with Crippen LogP contribution >= 0.6 is 0 Å². The van der Waals surface area contributed by atoms with Gasteiger partial charge in [-0.1, -0.05) is 32.8 Å². The minimum Gasteiger partial charge on any atom is -0.351 e. The van der Waals surface area contributed by atoms with Gasteiger partial charge in [0.15, 0.2) is 5.82 Å². The first-order chi connectivity index (χ1) is 14.9. The summed E-state index contributed by atoms with van der Waals surface area (Å²) in [7, 11) is 1.83. The molecule has 1 fully saturated rings. The Kier molecular flexibility index (Phi) is 7.13. The van der Waals surface area contributed by atoms with Gasteiger partial charge in [0.2, 0.25) is 11.9 Å². The number of anilines is 3. The number of carbonyl (C=O) groups excluding carboxylic acids is 1. The van der Waals surface area contributed by atoms with Crippen molar-refractivity contribution in [2.75, 3.05) is 28.7 Å². The van der Waals surface area contributed by atoms with Gasteiger partial charge in [-0.05, 0) is 45.2 Å². The Balaban J connectivity index is 0.00000132. The Morgan fingerprint density at radius 3 is 2.55 bits per heavy atom.